The highest BCUT2D eigenvalue weighted by atomic mass is 79.9. The minimum atomic E-state index is 0.645. The van der Waals surface area contributed by atoms with Crippen LogP contribution in [-0.2, 0) is 13.0 Å². The van der Waals surface area contributed by atoms with Crippen LogP contribution in [0.5, 0.6) is 0 Å². The van der Waals surface area contributed by atoms with Crippen molar-refractivity contribution in [3.8, 4) is 0 Å². The molecule has 1 heterocycles. The van der Waals surface area contributed by atoms with Gasteiger partial charge in [0.25, 0.3) is 0 Å². The Morgan fingerprint density at radius 1 is 1.36 bits per heavy atom. The molecule has 0 saturated heterocycles. The molecule has 0 amide bonds. The third-order valence-electron chi connectivity index (χ3n) is 2.31. The van der Waals surface area contributed by atoms with E-state index in [1.165, 1.54) is 46.3 Å². The van der Waals surface area contributed by atoms with Gasteiger partial charge in [0.2, 0.25) is 0 Å². The van der Waals surface area contributed by atoms with Crippen molar-refractivity contribution in [1.82, 2.24) is 0 Å². The Morgan fingerprint density at radius 2 is 2.14 bits per heavy atom. The molecule has 2 N–H and O–H groups in total. The fourth-order valence-electron chi connectivity index (χ4n) is 1.45. The Morgan fingerprint density at radius 3 is 2.71 bits per heavy atom. The first-order valence-corrected chi connectivity index (χ1v) is 6.86. The third kappa shape index (κ3) is 3.71. The van der Waals surface area contributed by atoms with E-state index in [2.05, 4.69) is 28.9 Å². The summed E-state index contributed by atoms with van der Waals surface area (Å²) in [4.78, 5) is 1.47. The average molecular weight is 276 g/mol. The maximum Gasteiger partial charge on any atom is 0.0746 e. The number of rotatable bonds is 6. The molecule has 14 heavy (non-hydrogen) atoms. The maximum atomic E-state index is 5.62. The molecule has 0 atom stereocenters. The van der Waals surface area contributed by atoms with Crippen LogP contribution in [0.2, 0.25) is 0 Å². The van der Waals surface area contributed by atoms with Crippen LogP contribution < -0.4 is 5.73 Å². The molecule has 3 heteroatoms. The van der Waals surface area contributed by atoms with E-state index in [0.717, 1.165) is 0 Å². The van der Waals surface area contributed by atoms with Crippen molar-refractivity contribution in [2.24, 2.45) is 5.73 Å². The predicted molar refractivity (Wildman–Crippen MR) is 67.8 cm³/mol. The smallest absolute Gasteiger partial charge is 0.0746 e. The molecule has 0 spiro atoms. The van der Waals surface area contributed by atoms with E-state index in [0.29, 0.717) is 6.54 Å². The summed E-state index contributed by atoms with van der Waals surface area (Å²) in [7, 11) is 0. The van der Waals surface area contributed by atoms with Crippen molar-refractivity contribution in [1.29, 1.82) is 0 Å². The molecule has 0 unspecified atom stereocenters. The second kappa shape index (κ2) is 6.59. The Balaban J connectivity index is 2.35. The second-order valence-corrected chi connectivity index (χ2v) is 5.98. The van der Waals surface area contributed by atoms with Gasteiger partial charge in [0.1, 0.15) is 0 Å². The SMILES string of the molecule is CCCCCCc1cc(CN)c(Br)s1. The monoisotopic (exact) mass is 275 g/mol. The largest absolute Gasteiger partial charge is 0.326 e. The molecule has 0 radical (unpaired) electrons. The molecule has 0 saturated carbocycles. The van der Waals surface area contributed by atoms with Gasteiger partial charge in [0.05, 0.1) is 3.79 Å². The first-order valence-electron chi connectivity index (χ1n) is 5.25. The molecular weight excluding hydrogens is 258 g/mol. The average Bonchev–Trinajstić information content (AvgIpc) is 2.54. The Bertz CT molecular complexity index is 270. The lowest BCUT2D eigenvalue weighted by atomic mass is 10.1. The zero-order chi connectivity index (χ0) is 10.4. The first kappa shape index (κ1) is 12.2. The van der Waals surface area contributed by atoms with Crippen LogP contribution in [0.4, 0.5) is 0 Å². The molecule has 0 aliphatic heterocycles. The molecule has 0 aromatic carbocycles. The molecule has 0 fully saturated rings. The van der Waals surface area contributed by atoms with E-state index in [4.69, 9.17) is 5.73 Å². The van der Waals surface area contributed by atoms with Gasteiger partial charge in [-0.25, -0.2) is 0 Å². The highest BCUT2D eigenvalue weighted by molar-refractivity contribution is 9.11. The molecular formula is C11H18BrNS. The minimum Gasteiger partial charge on any atom is -0.326 e. The van der Waals surface area contributed by atoms with E-state index < -0.39 is 0 Å². The van der Waals surface area contributed by atoms with Gasteiger partial charge in [-0.05, 0) is 40.4 Å². The lowest BCUT2D eigenvalue weighted by molar-refractivity contribution is 0.670. The summed E-state index contributed by atoms with van der Waals surface area (Å²) in [6, 6.07) is 2.24. The van der Waals surface area contributed by atoms with Crippen molar-refractivity contribution in [3.05, 3.63) is 20.3 Å². The minimum absolute atomic E-state index is 0.645. The lowest BCUT2D eigenvalue weighted by Gasteiger charge is -1.96. The van der Waals surface area contributed by atoms with Crippen LogP contribution in [0.3, 0.4) is 0 Å². The summed E-state index contributed by atoms with van der Waals surface area (Å²) in [5, 5.41) is 0. The van der Waals surface area contributed by atoms with Crippen LogP contribution in [0.25, 0.3) is 0 Å². The number of halogens is 1. The van der Waals surface area contributed by atoms with E-state index in [1.807, 2.05) is 11.3 Å². The fourth-order valence-corrected chi connectivity index (χ4v) is 3.30. The van der Waals surface area contributed by atoms with Crippen molar-refractivity contribution >= 4 is 27.3 Å². The normalized spacial score (nSPS) is 10.8. The van der Waals surface area contributed by atoms with E-state index in [-0.39, 0.29) is 0 Å². The zero-order valence-corrected chi connectivity index (χ0v) is 11.1. The summed E-state index contributed by atoms with van der Waals surface area (Å²) >= 11 is 5.37. The molecule has 1 aromatic heterocycles. The van der Waals surface area contributed by atoms with E-state index >= 15 is 0 Å². The summed E-state index contributed by atoms with van der Waals surface area (Å²) < 4.78 is 1.21. The fraction of sp³-hybridized carbons (Fsp3) is 0.636. The molecule has 1 aromatic rings. The van der Waals surface area contributed by atoms with Crippen molar-refractivity contribution in [2.75, 3.05) is 0 Å². The Kier molecular flexibility index (Phi) is 5.75. The van der Waals surface area contributed by atoms with Crippen molar-refractivity contribution < 1.29 is 0 Å². The molecule has 1 nitrogen and oxygen atoms in total. The standard InChI is InChI=1S/C11H18BrNS/c1-2-3-4-5-6-10-7-9(8-13)11(12)14-10/h7H,2-6,8,13H2,1H3. The van der Waals surface area contributed by atoms with Crippen LogP contribution >= 0.6 is 27.3 Å². The maximum absolute atomic E-state index is 5.62. The van der Waals surface area contributed by atoms with Crippen LogP contribution in [0.15, 0.2) is 9.85 Å². The van der Waals surface area contributed by atoms with Gasteiger partial charge in [0.15, 0.2) is 0 Å². The van der Waals surface area contributed by atoms with Gasteiger partial charge in [-0.2, -0.15) is 0 Å². The number of hydrogen-bond donors (Lipinski definition) is 1. The molecule has 80 valence electrons. The van der Waals surface area contributed by atoms with E-state index in [1.54, 1.807) is 0 Å². The predicted octanol–water partition coefficient (Wildman–Crippen LogP) is 4.09. The number of thiophene rings is 1. The summed E-state index contributed by atoms with van der Waals surface area (Å²) in [6.45, 7) is 2.89. The van der Waals surface area contributed by atoms with Crippen LogP contribution in [0, 0.1) is 0 Å². The first-order chi connectivity index (χ1) is 6.77. The lowest BCUT2D eigenvalue weighted by Crippen LogP contribution is -1.94. The summed E-state index contributed by atoms with van der Waals surface area (Å²) in [5.74, 6) is 0. The highest BCUT2D eigenvalue weighted by Crippen LogP contribution is 2.28. The number of unbranched alkanes of at least 4 members (excludes halogenated alkanes) is 3. The summed E-state index contributed by atoms with van der Waals surface area (Å²) in [6.07, 6.45) is 6.54. The van der Waals surface area contributed by atoms with Gasteiger partial charge >= 0.3 is 0 Å². The van der Waals surface area contributed by atoms with Crippen molar-refractivity contribution in [2.45, 2.75) is 45.6 Å². The topological polar surface area (TPSA) is 26.0 Å². The zero-order valence-electron chi connectivity index (χ0n) is 8.68. The van der Waals surface area contributed by atoms with Gasteiger partial charge in [0, 0.05) is 11.4 Å². The number of aryl methyl sites for hydroxylation is 1. The van der Waals surface area contributed by atoms with Crippen LogP contribution in [-0.4, -0.2) is 0 Å². The molecule has 0 bridgehead atoms. The second-order valence-electron chi connectivity index (χ2n) is 3.53. The summed E-state index contributed by atoms with van der Waals surface area (Å²) in [5.41, 5.74) is 6.87. The number of hydrogen-bond acceptors (Lipinski definition) is 2. The van der Waals surface area contributed by atoms with Gasteiger partial charge in [-0.3, -0.25) is 0 Å². The quantitative estimate of drug-likeness (QED) is 0.778. The van der Waals surface area contributed by atoms with Crippen LogP contribution in [0.1, 0.15) is 43.0 Å². The molecule has 0 aliphatic rings. The van der Waals surface area contributed by atoms with Crippen molar-refractivity contribution in [3.63, 3.8) is 0 Å². The number of nitrogens with two attached hydrogens (primary N) is 1. The van der Waals surface area contributed by atoms with Gasteiger partial charge in [-0.15, -0.1) is 11.3 Å². The Hall–Kier alpha value is 0.140. The Labute approximate surface area is 98.8 Å². The third-order valence-corrected chi connectivity index (χ3v) is 4.33. The molecule has 0 aliphatic carbocycles. The van der Waals surface area contributed by atoms with Gasteiger partial charge in [-0.1, -0.05) is 26.2 Å². The molecule has 1 rings (SSSR count). The van der Waals surface area contributed by atoms with E-state index in [9.17, 15) is 0 Å². The van der Waals surface area contributed by atoms with Gasteiger partial charge < -0.3 is 5.73 Å². The highest BCUT2D eigenvalue weighted by Gasteiger charge is 2.04.